The minimum absolute atomic E-state index is 0.0172. The molecule has 0 unspecified atom stereocenters. The van der Waals surface area contributed by atoms with E-state index in [0.717, 1.165) is 0 Å². The van der Waals surface area contributed by atoms with E-state index in [1.165, 1.54) is 104 Å². The molecule has 0 saturated heterocycles. The zero-order valence-electron chi connectivity index (χ0n) is 24.1. The summed E-state index contributed by atoms with van der Waals surface area (Å²) >= 11 is 0. The number of benzene rings is 5. The predicted octanol–water partition coefficient (Wildman–Crippen LogP) is 10.7. The highest BCUT2D eigenvalue weighted by atomic mass is 14.9. The molecule has 5 aromatic carbocycles. The Morgan fingerprint density at radius 1 is 0.625 bits per heavy atom. The molecule has 8 rings (SSSR count). The fourth-order valence-electron chi connectivity index (χ4n) is 8.37. The fourth-order valence-corrected chi connectivity index (χ4v) is 8.37. The van der Waals surface area contributed by atoms with Crippen molar-refractivity contribution >= 4 is 22.1 Å². The molecule has 1 nitrogen and oxygen atoms in total. The van der Waals surface area contributed by atoms with E-state index in [-0.39, 0.29) is 10.8 Å². The average molecular weight is 520 g/mol. The summed E-state index contributed by atoms with van der Waals surface area (Å²) in [7, 11) is 0. The lowest BCUT2D eigenvalue weighted by molar-refractivity contribution is 0.353. The van der Waals surface area contributed by atoms with Crippen molar-refractivity contribution in [2.24, 2.45) is 0 Å². The van der Waals surface area contributed by atoms with Crippen LogP contribution in [-0.2, 0) is 10.8 Å². The van der Waals surface area contributed by atoms with Crippen LogP contribution in [0.1, 0.15) is 79.3 Å². The lowest BCUT2D eigenvalue weighted by Crippen LogP contribution is -2.28. The number of aryl methyl sites for hydroxylation is 2. The number of hydrogen-bond donors (Lipinski definition) is 1. The van der Waals surface area contributed by atoms with E-state index >= 15 is 0 Å². The Labute approximate surface area is 238 Å². The van der Waals surface area contributed by atoms with Crippen LogP contribution in [0.15, 0.2) is 84.9 Å². The quantitative estimate of drug-likeness (QED) is 0.244. The van der Waals surface area contributed by atoms with E-state index in [4.69, 9.17) is 0 Å². The second-order valence-electron chi connectivity index (χ2n) is 13.1. The Kier molecular flexibility index (Phi) is 5.00. The summed E-state index contributed by atoms with van der Waals surface area (Å²) in [5.74, 6) is 0. The molecule has 0 aliphatic heterocycles. The van der Waals surface area contributed by atoms with Crippen LogP contribution in [-0.4, -0.2) is 0 Å². The monoisotopic (exact) mass is 519 g/mol. The van der Waals surface area contributed by atoms with Crippen molar-refractivity contribution in [2.45, 2.75) is 70.6 Å². The maximum absolute atomic E-state index is 3.77. The van der Waals surface area contributed by atoms with Crippen LogP contribution >= 0.6 is 0 Å². The molecule has 0 amide bonds. The Hall–Kier alpha value is -3.84. The SMILES string of the molecule is Cc1ccc(Nc2ccc3c(c2)C2(CCCCC2)c2cc4c(cc2-3)C(C)(C)c2ccc3ccccc3c2-4)c(C)c1. The molecular formula is C39H37N. The van der Waals surface area contributed by atoms with Crippen LogP contribution in [0, 0.1) is 13.8 Å². The van der Waals surface area contributed by atoms with Gasteiger partial charge >= 0.3 is 0 Å². The van der Waals surface area contributed by atoms with Crippen molar-refractivity contribution in [1.29, 1.82) is 0 Å². The molecule has 1 saturated carbocycles. The van der Waals surface area contributed by atoms with Gasteiger partial charge in [-0.15, -0.1) is 0 Å². The minimum atomic E-state index is -0.0172. The highest BCUT2D eigenvalue weighted by Crippen LogP contribution is 2.60. The van der Waals surface area contributed by atoms with Crippen molar-refractivity contribution in [3.05, 3.63) is 118 Å². The molecule has 0 bridgehead atoms. The Morgan fingerprint density at radius 2 is 1.40 bits per heavy atom. The highest BCUT2D eigenvalue weighted by Gasteiger charge is 2.46. The normalized spacial score (nSPS) is 17.4. The average Bonchev–Trinajstić information content (AvgIpc) is 3.35. The van der Waals surface area contributed by atoms with Gasteiger partial charge in [0, 0.05) is 22.2 Å². The van der Waals surface area contributed by atoms with Crippen molar-refractivity contribution in [3.8, 4) is 22.3 Å². The van der Waals surface area contributed by atoms with Crippen molar-refractivity contribution in [3.63, 3.8) is 0 Å². The molecule has 198 valence electrons. The highest BCUT2D eigenvalue weighted by molar-refractivity contribution is 6.03. The molecule has 0 heterocycles. The van der Waals surface area contributed by atoms with E-state index in [9.17, 15) is 0 Å². The lowest BCUT2D eigenvalue weighted by atomic mass is 9.67. The predicted molar refractivity (Wildman–Crippen MR) is 170 cm³/mol. The smallest absolute Gasteiger partial charge is 0.0414 e. The van der Waals surface area contributed by atoms with E-state index in [1.807, 2.05) is 0 Å². The van der Waals surface area contributed by atoms with Crippen LogP contribution in [0.4, 0.5) is 11.4 Å². The maximum atomic E-state index is 3.77. The van der Waals surface area contributed by atoms with Gasteiger partial charge in [-0.2, -0.15) is 0 Å². The molecular weight excluding hydrogens is 482 g/mol. The number of hydrogen-bond acceptors (Lipinski definition) is 1. The van der Waals surface area contributed by atoms with Gasteiger partial charge in [0.2, 0.25) is 0 Å². The zero-order valence-corrected chi connectivity index (χ0v) is 24.1. The van der Waals surface area contributed by atoms with Gasteiger partial charge in [-0.25, -0.2) is 0 Å². The van der Waals surface area contributed by atoms with Crippen LogP contribution in [0.25, 0.3) is 33.0 Å². The molecule has 40 heavy (non-hydrogen) atoms. The van der Waals surface area contributed by atoms with Crippen molar-refractivity contribution in [2.75, 3.05) is 5.32 Å². The van der Waals surface area contributed by atoms with Gasteiger partial charge in [-0.05, 0) is 118 Å². The Bertz CT molecular complexity index is 1850. The number of anilines is 2. The third kappa shape index (κ3) is 3.21. The largest absolute Gasteiger partial charge is 0.355 e. The summed E-state index contributed by atoms with van der Waals surface area (Å²) in [5, 5.41) is 6.49. The summed E-state index contributed by atoms with van der Waals surface area (Å²) in [4.78, 5) is 0. The Balaban J connectivity index is 1.33. The van der Waals surface area contributed by atoms with Crippen LogP contribution in [0.2, 0.25) is 0 Å². The van der Waals surface area contributed by atoms with Crippen LogP contribution in [0.3, 0.4) is 0 Å². The second-order valence-corrected chi connectivity index (χ2v) is 13.1. The summed E-state index contributed by atoms with van der Waals surface area (Å²) in [6.07, 6.45) is 6.43. The van der Waals surface area contributed by atoms with Gasteiger partial charge in [0.25, 0.3) is 0 Å². The molecule has 0 aromatic heterocycles. The lowest BCUT2D eigenvalue weighted by Gasteiger charge is -2.36. The van der Waals surface area contributed by atoms with Gasteiger partial charge < -0.3 is 5.32 Å². The molecule has 0 radical (unpaired) electrons. The topological polar surface area (TPSA) is 12.0 Å². The molecule has 0 atom stereocenters. The van der Waals surface area contributed by atoms with Crippen molar-refractivity contribution in [1.82, 2.24) is 0 Å². The van der Waals surface area contributed by atoms with Crippen LogP contribution in [0.5, 0.6) is 0 Å². The first kappa shape index (κ1) is 24.0. The number of rotatable bonds is 2. The van der Waals surface area contributed by atoms with Crippen molar-refractivity contribution < 1.29 is 0 Å². The van der Waals surface area contributed by atoms with E-state index in [0.29, 0.717) is 0 Å². The molecule has 1 heteroatoms. The molecule has 1 spiro atoms. The standard InChI is InChI=1S/C39H37N/c1-24-12-17-36(25(2)20-24)40-27-14-15-29-30-22-33-31(23-35(30)39(34(29)21-27)18-8-5-9-19-39)37-28-11-7-6-10-26(28)13-16-32(37)38(33,3)4/h6-7,10-17,20-23,40H,5,8-9,18-19H2,1-4H3. The van der Waals surface area contributed by atoms with E-state index in [2.05, 4.69) is 118 Å². The molecule has 3 aliphatic carbocycles. The van der Waals surface area contributed by atoms with Crippen LogP contribution < -0.4 is 5.32 Å². The second kappa shape index (κ2) is 8.33. The van der Waals surface area contributed by atoms with Gasteiger partial charge in [-0.1, -0.05) is 93.3 Å². The molecule has 5 aromatic rings. The first-order chi connectivity index (χ1) is 19.4. The fraction of sp³-hybridized carbons (Fsp3) is 0.282. The minimum Gasteiger partial charge on any atom is -0.355 e. The third-order valence-electron chi connectivity index (χ3n) is 10.4. The van der Waals surface area contributed by atoms with Gasteiger partial charge in [0.1, 0.15) is 0 Å². The summed E-state index contributed by atoms with van der Waals surface area (Å²) in [6.45, 7) is 9.20. The summed E-state index contributed by atoms with van der Waals surface area (Å²) < 4.78 is 0. The summed E-state index contributed by atoms with van der Waals surface area (Å²) in [5.41, 5.74) is 17.0. The van der Waals surface area contributed by atoms with Gasteiger partial charge in [-0.3, -0.25) is 0 Å². The van der Waals surface area contributed by atoms with Gasteiger partial charge in [0.05, 0.1) is 0 Å². The number of nitrogens with one attached hydrogen (secondary N) is 1. The molecule has 1 N–H and O–H groups in total. The first-order valence-corrected chi connectivity index (χ1v) is 15.1. The molecule has 3 aliphatic rings. The van der Waals surface area contributed by atoms with Gasteiger partial charge in [0.15, 0.2) is 0 Å². The zero-order chi connectivity index (χ0) is 27.2. The molecule has 1 fully saturated rings. The maximum Gasteiger partial charge on any atom is 0.0414 e. The van der Waals surface area contributed by atoms with E-state index in [1.54, 1.807) is 5.56 Å². The number of fused-ring (bicyclic) bond motifs is 10. The first-order valence-electron chi connectivity index (χ1n) is 15.1. The third-order valence-corrected chi connectivity index (χ3v) is 10.4. The van der Waals surface area contributed by atoms with E-state index < -0.39 is 0 Å². The summed E-state index contributed by atoms with van der Waals surface area (Å²) in [6, 6.07) is 32.7. The Morgan fingerprint density at radius 3 is 2.23 bits per heavy atom.